The first-order valence-electron chi connectivity index (χ1n) is 6.96. The second-order valence-corrected chi connectivity index (χ2v) is 6.93. The summed E-state index contributed by atoms with van der Waals surface area (Å²) in [6, 6.07) is 0.741. The highest BCUT2D eigenvalue weighted by atomic mass is 16.4. The van der Waals surface area contributed by atoms with Gasteiger partial charge >= 0.3 is 5.97 Å². The zero-order valence-corrected chi connectivity index (χ0v) is 12.1. The second kappa shape index (κ2) is 4.47. The van der Waals surface area contributed by atoms with E-state index >= 15 is 0 Å². The van der Waals surface area contributed by atoms with Crippen LogP contribution >= 0.6 is 0 Å². The summed E-state index contributed by atoms with van der Waals surface area (Å²) in [5.41, 5.74) is -1.79. The van der Waals surface area contributed by atoms with Gasteiger partial charge in [-0.1, -0.05) is 0 Å². The molecule has 0 aromatic carbocycles. The minimum atomic E-state index is -1.01. The Kier molecular flexibility index (Phi) is 3.37. The Hall–Kier alpha value is -1.10. The number of carboxylic acid groups (broad SMARTS) is 1. The lowest BCUT2D eigenvalue weighted by Crippen LogP contribution is -2.58. The number of amides is 1. The quantitative estimate of drug-likeness (QED) is 0.714. The van der Waals surface area contributed by atoms with Crippen LogP contribution in [0.2, 0.25) is 0 Å². The topological polar surface area (TPSA) is 78.4 Å². The molecule has 0 aromatic heterocycles. The van der Waals surface area contributed by atoms with Gasteiger partial charge in [-0.05, 0) is 47.0 Å². The molecule has 0 aromatic rings. The predicted octanol–water partition coefficient (Wildman–Crippen LogP) is 1.13. The molecule has 2 aliphatic heterocycles. The Bertz CT molecular complexity index is 403. The van der Waals surface area contributed by atoms with Crippen molar-refractivity contribution >= 4 is 11.9 Å². The van der Waals surface area contributed by atoms with Gasteiger partial charge in [0.1, 0.15) is 0 Å². The maximum Gasteiger partial charge on any atom is 0.311 e. The zero-order valence-electron chi connectivity index (χ0n) is 12.1. The van der Waals surface area contributed by atoms with Crippen molar-refractivity contribution in [1.29, 1.82) is 0 Å². The molecule has 0 spiro atoms. The van der Waals surface area contributed by atoms with E-state index in [9.17, 15) is 14.7 Å². The van der Waals surface area contributed by atoms with Gasteiger partial charge in [0.15, 0.2) is 0 Å². The maximum atomic E-state index is 12.4. The molecule has 0 saturated carbocycles. The molecule has 2 bridgehead atoms. The van der Waals surface area contributed by atoms with Gasteiger partial charge in [-0.2, -0.15) is 0 Å². The van der Waals surface area contributed by atoms with Crippen LogP contribution in [0.4, 0.5) is 0 Å². The SMILES string of the molecule is CC(C)(NC(=O)C1CC2CCC1N2)C(C)(C)C(=O)O. The van der Waals surface area contributed by atoms with Crippen LogP contribution in [0, 0.1) is 11.3 Å². The first-order chi connectivity index (χ1) is 8.65. The van der Waals surface area contributed by atoms with Crippen molar-refractivity contribution in [3.05, 3.63) is 0 Å². The van der Waals surface area contributed by atoms with Gasteiger partial charge in [-0.25, -0.2) is 0 Å². The average molecular weight is 268 g/mol. The van der Waals surface area contributed by atoms with Crippen molar-refractivity contribution in [2.24, 2.45) is 11.3 Å². The van der Waals surface area contributed by atoms with E-state index in [1.54, 1.807) is 27.7 Å². The first kappa shape index (κ1) is 14.3. The number of hydrogen-bond donors (Lipinski definition) is 3. The average Bonchev–Trinajstić information content (AvgIpc) is 2.89. The summed E-state index contributed by atoms with van der Waals surface area (Å²) in [4.78, 5) is 23.7. The Balaban J connectivity index is 2.04. The van der Waals surface area contributed by atoms with E-state index in [0.717, 1.165) is 19.3 Å². The number of carbonyl (C=O) groups excluding carboxylic acids is 1. The Morgan fingerprint density at radius 1 is 1.21 bits per heavy atom. The Morgan fingerprint density at radius 3 is 2.26 bits per heavy atom. The van der Waals surface area contributed by atoms with E-state index < -0.39 is 16.9 Å². The maximum absolute atomic E-state index is 12.4. The summed E-state index contributed by atoms with van der Waals surface area (Å²) in [5, 5.41) is 15.7. The van der Waals surface area contributed by atoms with Crippen LogP contribution in [0.1, 0.15) is 47.0 Å². The summed E-state index contributed by atoms with van der Waals surface area (Å²) in [7, 11) is 0. The van der Waals surface area contributed by atoms with E-state index in [4.69, 9.17) is 0 Å². The van der Waals surface area contributed by atoms with E-state index in [0.29, 0.717) is 6.04 Å². The Morgan fingerprint density at radius 2 is 1.84 bits per heavy atom. The Labute approximate surface area is 114 Å². The molecule has 3 unspecified atom stereocenters. The third kappa shape index (κ3) is 2.36. The van der Waals surface area contributed by atoms with E-state index in [-0.39, 0.29) is 17.9 Å². The van der Waals surface area contributed by atoms with Gasteiger partial charge in [0.05, 0.1) is 11.3 Å². The van der Waals surface area contributed by atoms with Crippen molar-refractivity contribution in [3.63, 3.8) is 0 Å². The molecule has 19 heavy (non-hydrogen) atoms. The monoisotopic (exact) mass is 268 g/mol. The fourth-order valence-corrected chi connectivity index (χ4v) is 2.94. The fraction of sp³-hybridized carbons (Fsp3) is 0.857. The molecule has 5 heteroatoms. The third-order valence-corrected chi connectivity index (χ3v) is 5.17. The normalized spacial score (nSPS) is 30.4. The summed E-state index contributed by atoms with van der Waals surface area (Å²) < 4.78 is 0. The number of nitrogens with one attached hydrogen (secondary N) is 2. The molecule has 2 heterocycles. The number of rotatable bonds is 4. The van der Waals surface area contributed by atoms with Crippen LogP contribution in [0.5, 0.6) is 0 Å². The highest BCUT2D eigenvalue weighted by Gasteiger charge is 2.48. The molecule has 0 radical (unpaired) electrons. The first-order valence-corrected chi connectivity index (χ1v) is 6.96. The molecular weight excluding hydrogens is 244 g/mol. The van der Waals surface area contributed by atoms with Gasteiger partial charge in [-0.15, -0.1) is 0 Å². The molecule has 5 nitrogen and oxygen atoms in total. The highest BCUT2D eigenvalue weighted by Crippen LogP contribution is 2.35. The molecule has 3 atom stereocenters. The minimum absolute atomic E-state index is 0.0115. The summed E-state index contributed by atoms with van der Waals surface area (Å²) >= 11 is 0. The number of carboxylic acids is 1. The molecule has 108 valence electrons. The lowest BCUT2D eigenvalue weighted by Gasteiger charge is -2.40. The number of fused-ring (bicyclic) bond motifs is 2. The van der Waals surface area contributed by atoms with Crippen LogP contribution in [0.25, 0.3) is 0 Å². The van der Waals surface area contributed by atoms with Gasteiger partial charge in [0, 0.05) is 17.6 Å². The van der Waals surface area contributed by atoms with Gasteiger partial charge in [-0.3, -0.25) is 9.59 Å². The van der Waals surface area contributed by atoms with Crippen molar-refractivity contribution in [2.75, 3.05) is 0 Å². The van der Waals surface area contributed by atoms with Crippen molar-refractivity contribution < 1.29 is 14.7 Å². The molecule has 2 saturated heterocycles. The standard InChI is InChI=1S/C14H24N2O3/c1-13(2,12(18)19)14(3,4)16-11(17)9-7-8-5-6-10(9)15-8/h8-10,15H,5-7H2,1-4H3,(H,16,17)(H,18,19). The van der Waals surface area contributed by atoms with E-state index in [1.165, 1.54) is 0 Å². The van der Waals surface area contributed by atoms with Crippen LogP contribution < -0.4 is 10.6 Å². The van der Waals surface area contributed by atoms with Crippen LogP contribution in [0.15, 0.2) is 0 Å². The van der Waals surface area contributed by atoms with Gasteiger partial charge in [0.25, 0.3) is 0 Å². The largest absolute Gasteiger partial charge is 0.481 e. The van der Waals surface area contributed by atoms with Crippen molar-refractivity contribution in [3.8, 4) is 0 Å². The lowest BCUT2D eigenvalue weighted by atomic mass is 9.74. The lowest BCUT2D eigenvalue weighted by molar-refractivity contribution is -0.152. The molecule has 3 N–H and O–H groups in total. The highest BCUT2D eigenvalue weighted by molar-refractivity contribution is 5.83. The molecule has 1 amide bonds. The van der Waals surface area contributed by atoms with Crippen LogP contribution in [-0.4, -0.2) is 34.6 Å². The van der Waals surface area contributed by atoms with Gasteiger partial charge in [0.2, 0.25) is 5.91 Å². The van der Waals surface area contributed by atoms with Crippen molar-refractivity contribution in [2.45, 2.75) is 64.6 Å². The fourth-order valence-electron chi connectivity index (χ4n) is 2.94. The number of hydrogen-bond acceptors (Lipinski definition) is 3. The molecule has 2 aliphatic rings. The molecule has 2 rings (SSSR count). The summed E-state index contributed by atoms with van der Waals surface area (Å²) in [5.74, 6) is -0.925. The molecular formula is C14H24N2O3. The molecule has 2 fully saturated rings. The van der Waals surface area contributed by atoms with E-state index in [1.807, 2.05) is 0 Å². The number of aliphatic carboxylic acids is 1. The summed E-state index contributed by atoms with van der Waals surface area (Å²) in [6.07, 6.45) is 3.07. The van der Waals surface area contributed by atoms with Crippen molar-refractivity contribution in [1.82, 2.24) is 10.6 Å². The predicted molar refractivity (Wildman–Crippen MR) is 71.7 cm³/mol. The second-order valence-electron chi connectivity index (χ2n) is 6.93. The zero-order chi connectivity index (χ0) is 14.4. The smallest absolute Gasteiger partial charge is 0.311 e. The van der Waals surface area contributed by atoms with Crippen LogP contribution in [0.3, 0.4) is 0 Å². The minimum Gasteiger partial charge on any atom is -0.481 e. The molecule has 0 aliphatic carbocycles. The van der Waals surface area contributed by atoms with Gasteiger partial charge < -0.3 is 15.7 Å². The third-order valence-electron chi connectivity index (χ3n) is 5.17. The van der Waals surface area contributed by atoms with E-state index in [2.05, 4.69) is 10.6 Å². The summed E-state index contributed by atoms with van der Waals surface area (Å²) in [6.45, 7) is 6.85. The van der Waals surface area contributed by atoms with Crippen LogP contribution in [-0.2, 0) is 9.59 Å². The number of carbonyl (C=O) groups is 2.